The minimum absolute atomic E-state index is 0.0601. The molecule has 0 spiro atoms. The van der Waals surface area contributed by atoms with Gasteiger partial charge in [-0.05, 0) is 109 Å². The third kappa shape index (κ3) is 19.2. The average Bonchev–Trinajstić information content (AvgIpc) is 3.72. The maximum Gasteiger partial charge on any atom is 0.254 e. The Labute approximate surface area is 435 Å². The molecule has 2 heterocycles. The van der Waals surface area contributed by atoms with E-state index in [9.17, 15) is 43.2 Å². The van der Waals surface area contributed by atoms with Gasteiger partial charge in [-0.25, -0.2) is 0 Å². The summed E-state index contributed by atoms with van der Waals surface area (Å²) in [5, 5.41) is 22.6. The average molecular weight is 1040 g/mol. The molecule has 3 aliphatic rings. The number of benzene rings is 1. The third-order valence-electron chi connectivity index (χ3n) is 14.0. The van der Waals surface area contributed by atoms with E-state index in [1.165, 1.54) is 27.7 Å². The lowest BCUT2D eigenvalue weighted by molar-refractivity contribution is -0.138. The molecular formula is C52H86N11O9P. The van der Waals surface area contributed by atoms with Gasteiger partial charge in [0, 0.05) is 51.4 Å². The summed E-state index contributed by atoms with van der Waals surface area (Å²) in [6.07, 6.45) is 7.12. The van der Waals surface area contributed by atoms with Crippen LogP contribution in [0.5, 0.6) is 0 Å². The first-order valence-corrected chi connectivity index (χ1v) is 26.7. The molecule has 2 aliphatic heterocycles. The van der Waals surface area contributed by atoms with Gasteiger partial charge in [-0.1, -0.05) is 65.0 Å². The van der Waals surface area contributed by atoms with Gasteiger partial charge in [0.15, 0.2) is 0 Å². The molecule has 2 saturated heterocycles. The summed E-state index contributed by atoms with van der Waals surface area (Å²) >= 11 is 0. The lowest BCUT2D eigenvalue weighted by atomic mass is 9.85. The summed E-state index contributed by atoms with van der Waals surface area (Å²) in [5.41, 5.74) is -3.88. The molecule has 4 rings (SSSR count). The zero-order chi connectivity index (χ0) is 54.3. The predicted octanol–water partition coefficient (Wildman–Crippen LogP) is 0.694. The van der Waals surface area contributed by atoms with Crippen molar-refractivity contribution in [3.05, 3.63) is 29.8 Å². The standard InChI is InChI=1S/C52H86N11O9P/c1-33(2)28-39(44(67)59-52(8,9)49(72)60-51(6,7)47(70)53-22-23-62-26-24-61(10)25-27-62)56-41(64)30-55-48(71)50(4,5)58-42(65)31-54-43(66)38(21-16-35-14-12-11-13-15-35)57-45(68)40-29-34(3)32-63(40)46(69)36-17-19-37(73)20-18-36/h17-20,33-35,38-40H,11-16,21-32,73H2,1-10H3,(H,53,70)(H,54,66)(H,55,71)(H,56,64)(H,57,68)(H,58,65)(H,59,67)(H,60,72)/t34?,38-,39-,40-/m0/s1. The highest BCUT2D eigenvalue weighted by molar-refractivity contribution is 7.27. The van der Waals surface area contributed by atoms with Crippen molar-refractivity contribution in [1.29, 1.82) is 0 Å². The number of likely N-dealkylation sites (tertiary alicyclic amines) is 1. The summed E-state index contributed by atoms with van der Waals surface area (Å²) in [4.78, 5) is 127. The molecule has 21 heteroatoms. The van der Waals surface area contributed by atoms with Crippen molar-refractivity contribution < 1.29 is 43.2 Å². The molecule has 1 aliphatic carbocycles. The van der Waals surface area contributed by atoms with Crippen LogP contribution >= 0.6 is 9.24 Å². The van der Waals surface area contributed by atoms with Crippen LogP contribution in [0.4, 0.5) is 0 Å². The van der Waals surface area contributed by atoms with E-state index in [0.29, 0.717) is 50.4 Å². The van der Waals surface area contributed by atoms with E-state index in [0.717, 1.165) is 63.6 Å². The molecule has 1 saturated carbocycles. The molecule has 0 radical (unpaired) electrons. The number of nitrogens with zero attached hydrogens (tertiary/aromatic N) is 3. The van der Waals surface area contributed by atoms with E-state index in [2.05, 4.69) is 68.6 Å². The zero-order valence-electron chi connectivity index (χ0n) is 45.1. The van der Waals surface area contributed by atoms with Gasteiger partial charge in [0.1, 0.15) is 34.7 Å². The molecule has 73 heavy (non-hydrogen) atoms. The number of carbonyl (C=O) groups excluding carboxylic acids is 9. The van der Waals surface area contributed by atoms with E-state index in [4.69, 9.17) is 0 Å². The molecule has 1 aromatic carbocycles. The largest absolute Gasteiger partial charge is 0.353 e. The van der Waals surface area contributed by atoms with Gasteiger partial charge in [-0.3, -0.25) is 48.1 Å². The van der Waals surface area contributed by atoms with Gasteiger partial charge >= 0.3 is 0 Å². The summed E-state index contributed by atoms with van der Waals surface area (Å²) in [6, 6.07) is 4.23. The Bertz CT molecular complexity index is 2100. The number of hydrogen-bond acceptors (Lipinski definition) is 11. The van der Waals surface area contributed by atoms with Crippen molar-refractivity contribution in [2.45, 2.75) is 155 Å². The van der Waals surface area contributed by atoms with Crippen LogP contribution in [0.25, 0.3) is 0 Å². The maximum atomic E-state index is 13.9. The van der Waals surface area contributed by atoms with Crippen LogP contribution in [0, 0.1) is 17.8 Å². The smallest absolute Gasteiger partial charge is 0.254 e. The zero-order valence-corrected chi connectivity index (χ0v) is 46.2. The maximum absolute atomic E-state index is 13.9. The number of rotatable bonds is 24. The number of likely N-dealkylation sites (N-methyl/N-ethyl adjacent to an activating group) is 1. The molecule has 20 nitrogen and oxygen atoms in total. The first-order chi connectivity index (χ1) is 34.2. The lowest BCUT2D eigenvalue weighted by Gasteiger charge is -2.34. The van der Waals surface area contributed by atoms with Gasteiger partial charge in [-0.2, -0.15) is 0 Å². The second-order valence-electron chi connectivity index (χ2n) is 22.5. The molecule has 408 valence electrons. The molecule has 9 amide bonds. The normalized spacial score (nSPS) is 19.0. The van der Waals surface area contributed by atoms with Crippen LogP contribution in [-0.4, -0.2) is 169 Å². The molecule has 8 N–H and O–H groups in total. The highest BCUT2D eigenvalue weighted by Gasteiger charge is 2.41. The van der Waals surface area contributed by atoms with E-state index < -0.39 is 89.2 Å². The Morgan fingerprint density at radius 1 is 0.685 bits per heavy atom. The Morgan fingerprint density at radius 3 is 1.90 bits per heavy atom. The van der Waals surface area contributed by atoms with Gasteiger partial charge in [0.25, 0.3) is 5.91 Å². The molecule has 0 aromatic heterocycles. The second kappa shape index (κ2) is 27.4. The minimum Gasteiger partial charge on any atom is -0.353 e. The van der Waals surface area contributed by atoms with Gasteiger partial charge < -0.3 is 52.3 Å². The fraction of sp³-hybridized carbons (Fsp3) is 0.712. The SMILES string of the molecule is CC(C)C[C@H](NC(=O)CNC(=O)C(C)(C)NC(=O)CNC(=O)[C@H](CCC1CCCCC1)NC(=O)[C@@H]1CC(C)CN1C(=O)c1ccc(P)cc1)C(=O)NC(C)(C)C(=O)NC(C)(C)C(=O)NCCN1CCN(C)CC1. The summed E-state index contributed by atoms with van der Waals surface area (Å²) in [5.74, 6) is -4.61. The monoisotopic (exact) mass is 1040 g/mol. The van der Waals surface area contributed by atoms with Crippen molar-refractivity contribution in [2.24, 2.45) is 17.8 Å². The number of piperazine rings is 1. The summed E-state index contributed by atoms with van der Waals surface area (Å²) in [6.45, 7) is 18.9. The van der Waals surface area contributed by atoms with Crippen LogP contribution in [0.15, 0.2) is 24.3 Å². The quantitative estimate of drug-likeness (QED) is 0.0669. The van der Waals surface area contributed by atoms with Gasteiger partial charge in [0.05, 0.1) is 13.1 Å². The van der Waals surface area contributed by atoms with Crippen LogP contribution in [0.2, 0.25) is 0 Å². The van der Waals surface area contributed by atoms with Gasteiger partial charge in [0.2, 0.25) is 47.3 Å². The van der Waals surface area contributed by atoms with E-state index in [1.807, 2.05) is 32.9 Å². The minimum atomic E-state index is -1.55. The molecule has 2 unspecified atom stereocenters. The Hall–Kier alpha value is -5.20. The topological polar surface area (TPSA) is 260 Å². The van der Waals surface area contributed by atoms with E-state index in [1.54, 1.807) is 30.9 Å². The number of carbonyl (C=O) groups is 9. The lowest BCUT2D eigenvalue weighted by Crippen LogP contribution is -2.64. The molecule has 1 aromatic rings. The van der Waals surface area contributed by atoms with Crippen molar-refractivity contribution in [3.63, 3.8) is 0 Å². The summed E-state index contributed by atoms with van der Waals surface area (Å²) in [7, 11) is 4.65. The molecule has 5 atom stereocenters. The molecule has 3 fully saturated rings. The summed E-state index contributed by atoms with van der Waals surface area (Å²) < 4.78 is 0. The van der Waals surface area contributed by atoms with Crippen LogP contribution in [-0.2, 0) is 38.4 Å². The van der Waals surface area contributed by atoms with E-state index in [-0.39, 0.29) is 30.1 Å². The highest BCUT2D eigenvalue weighted by Crippen LogP contribution is 2.29. The van der Waals surface area contributed by atoms with Crippen molar-refractivity contribution in [1.82, 2.24) is 57.2 Å². The molecule has 0 bridgehead atoms. The first-order valence-electron chi connectivity index (χ1n) is 26.1. The second-order valence-corrected chi connectivity index (χ2v) is 23.2. The fourth-order valence-electron chi connectivity index (χ4n) is 9.36. The highest BCUT2D eigenvalue weighted by atomic mass is 31.0. The Balaban J connectivity index is 1.28. The van der Waals surface area contributed by atoms with Crippen molar-refractivity contribution in [3.8, 4) is 0 Å². The fourth-order valence-corrected chi connectivity index (χ4v) is 9.56. The predicted molar refractivity (Wildman–Crippen MR) is 283 cm³/mol. The van der Waals surface area contributed by atoms with Crippen molar-refractivity contribution in [2.75, 3.05) is 66.0 Å². The number of hydrogen-bond donors (Lipinski definition) is 8. The van der Waals surface area contributed by atoms with E-state index >= 15 is 0 Å². The number of nitrogens with one attached hydrogen (secondary N) is 8. The third-order valence-corrected chi connectivity index (χ3v) is 14.4. The molecular weight excluding hydrogens is 954 g/mol. The first kappa shape index (κ1) is 60.4. The number of amides is 9. The Morgan fingerprint density at radius 2 is 1.27 bits per heavy atom. The Kier molecular flexibility index (Phi) is 22.6. The van der Waals surface area contributed by atoms with Crippen LogP contribution in [0.3, 0.4) is 0 Å². The van der Waals surface area contributed by atoms with Crippen LogP contribution < -0.4 is 47.8 Å². The van der Waals surface area contributed by atoms with Crippen molar-refractivity contribution >= 4 is 67.7 Å². The van der Waals surface area contributed by atoms with Gasteiger partial charge in [-0.15, -0.1) is 9.24 Å². The van der Waals surface area contributed by atoms with Crippen LogP contribution in [0.1, 0.15) is 130 Å².